The van der Waals surface area contributed by atoms with Gasteiger partial charge in [0.25, 0.3) is 0 Å². The zero-order valence-electron chi connectivity index (χ0n) is 9.70. The van der Waals surface area contributed by atoms with E-state index in [9.17, 15) is 0 Å². The van der Waals surface area contributed by atoms with Crippen molar-refractivity contribution >= 4 is 18.5 Å². The Morgan fingerprint density at radius 1 is 1.15 bits per heavy atom. The molecule has 13 heavy (non-hydrogen) atoms. The van der Waals surface area contributed by atoms with Gasteiger partial charge >= 0.3 is 0 Å². The van der Waals surface area contributed by atoms with Crippen molar-refractivity contribution in [3.8, 4) is 0 Å². The molecule has 0 nitrogen and oxygen atoms in total. The Balaban J connectivity index is 3.35. The smallest absolute Gasteiger partial charge is 0.150 e. The van der Waals surface area contributed by atoms with Crippen molar-refractivity contribution in [1.29, 1.82) is 0 Å². The first kappa shape index (κ1) is 13.5. The molecule has 0 aliphatic carbocycles. The summed E-state index contributed by atoms with van der Waals surface area (Å²) in [5.74, 6) is 0.844. The molecule has 0 aliphatic heterocycles. The summed E-state index contributed by atoms with van der Waals surface area (Å²) in [6.45, 7) is 9.11. The van der Waals surface area contributed by atoms with Crippen LogP contribution in [-0.4, -0.2) is 7.38 Å². The summed E-state index contributed by atoms with van der Waals surface area (Å²) in [7, 11) is -1.32. The van der Waals surface area contributed by atoms with Crippen LogP contribution in [0, 0.1) is 5.92 Å². The van der Waals surface area contributed by atoms with Crippen molar-refractivity contribution in [2.24, 2.45) is 5.92 Å². The maximum atomic E-state index is 6.31. The van der Waals surface area contributed by atoms with Crippen LogP contribution in [0.4, 0.5) is 0 Å². The lowest BCUT2D eigenvalue weighted by molar-refractivity contribution is 0.521. The Bertz CT molecular complexity index is 118. The number of halogens is 1. The minimum Gasteiger partial charge on any atom is -0.168 e. The normalized spacial score (nSPS) is 14.5. The van der Waals surface area contributed by atoms with Gasteiger partial charge in [-0.05, 0) is 12.0 Å². The summed E-state index contributed by atoms with van der Waals surface area (Å²) < 4.78 is 0. The van der Waals surface area contributed by atoms with Gasteiger partial charge < -0.3 is 0 Å². The standard InChI is InChI=1S/C11H25ClSi/c1-5-6-7-8-9-11(2)10-13(3,4)12/h11H,5-10H2,1-4H3. The fourth-order valence-corrected chi connectivity index (χ4v) is 4.50. The van der Waals surface area contributed by atoms with Crippen LogP contribution in [0.25, 0.3) is 0 Å². The predicted octanol–water partition coefficient (Wildman–Crippen LogP) is 5.04. The van der Waals surface area contributed by atoms with Crippen LogP contribution in [0.15, 0.2) is 0 Å². The maximum Gasteiger partial charge on any atom is 0.150 e. The van der Waals surface area contributed by atoms with Gasteiger partial charge in [-0.15, -0.1) is 0 Å². The Labute approximate surface area is 89.8 Å². The lowest BCUT2D eigenvalue weighted by Gasteiger charge is -2.18. The molecule has 0 fully saturated rings. The van der Waals surface area contributed by atoms with Crippen LogP contribution in [-0.2, 0) is 0 Å². The van der Waals surface area contributed by atoms with Crippen molar-refractivity contribution in [3.05, 3.63) is 0 Å². The molecule has 0 amide bonds. The van der Waals surface area contributed by atoms with Gasteiger partial charge in [-0.2, -0.15) is 11.1 Å². The lowest BCUT2D eigenvalue weighted by Crippen LogP contribution is -2.19. The molecular weight excluding hydrogens is 196 g/mol. The summed E-state index contributed by atoms with van der Waals surface area (Å²) in [4.78, 5) is 0. The molecule has 0 heterocycles. The largest absolute Gasteiger partial charge is 0.168 e. The van der Waals surface area contributed by atoms with Crippen LogP contribution in [0.1, 0.15) is 46.0 Å². The van der Waals surface area contributed by atoms with Crippen LogP contribution in [0.2, 0.25) is 19.1 Å². The lowest BCUT2D eigenvalue weighted by atomic mass is 10.0. The minimum atomic E-state index is -1.32. The third-order valence-electron chi connectivity index (χ3n) is 2.38. The van der Waals surface area contributed by atoms with Gasteiger partial charge in [0.2, 0.25) is 0 Å². The molecule has 0 saturated heterocycles. The van der Waals surface area contributed by atoms with Crippen molar-refractivity contribution in [2.45, 2.75) is 65.1 Å². The van der Waals surface area contributed by atoms with Crippen LogP contribution < -0.4 is 0 Å². The van der Waals surface area contributed by atoms with E-state index in [1.54, 1.807) is 0 Å². The molecule has 0 aliphatic rings. The van der Waals surface area contributed by atoms with Crippen molar-refractivity contribution in [2.75, 3.05) is 0 Å². The molecule has 0 radical (unpaired) electrons. The van der Waals surface area contributed by atoms with E-state index in [1.165, 1.54) is 38.1 Å². The number of hydrogen-bond donors (Lipinski definition) is 0. The van der Waals surface area contributed by atoms with E-state index in [0.29, 0.717) is 0 Å². The molecule has 1 atom stereocenters. The van der Waals surface area contributed by atoms with Gasteiger partial charge in [0.15, 0.2) is 7.38 Å². The fourth-order valence-electron chi connectivity index (χ4n) is 1.85. The molecule has 0 bridgehead atoms. The summed E-state index contributed by atoms with van der Waals surface area (Å²) in [6, 6.07) is 1.28. The Hall–Kier alpha value is 0.507. The van der Waals surface area contributed by atoms with Gasteiger partial charge in [-0.25, -0.2) is 0 Å². The quantitative estimate of drug-likeness (QED) is 0.321. The summed E-state index contributed by atoms with van der Waals surface area (Å²) in [5, 5.41) is 0. The molecular formula is C11H25ClSi. The van der Waals surface area contributed by atoms with Crippen LogP contribution >= 0.6 is 11.1 Å². The first-order valence-electron chi connectivity index (χ1n) is 5.64. The topological polar surface area (TPSA) is 0 Å². The van der Waals surface area contributed by atoms with E-state index in [4.69, 9.17) is 11.1 Å². The Morgan fingerprint density at radius 3 is 2.23 bits per heavy atom. The van der Waals surface area contributed by atoms with Crippen LogP contribution in [0.3, 0.4) is 0 Å². The molecule has 0 aromatic heterocycles. The molecule has 0 aromatic rings. The predicted molar refractivity (Wildman–Crippen MR) is 66.1 cm³/mol. The summed E-state index contributed by atoms with van der Waals surface area (Å²) >= 11 is 6.31. The highest BCUT2D eigenvalue weighted by Crippen LogP contribution is 2.24. The average molecular weight is 221 g/mol. The number of unbranched alkanes of at least 4 members (excludes halogenated alkanes) is 3. The average Bonchev–Trinajstić information content (AvgIpc) is 1.94. The fraction of sp³-hybridized carbons (Fsp3) is 1.00. The number of hydrogen-bond acceptors (Lipinski definition) is 0. The second-order valence-electron chi connectivity index (χ2n) is 4.88. The third-order valence-corrected chi connectivity index (χ3v) is 4.51. The zero-order chi connectivity index (χ0) is 10.3. The summed E-state index contributed by atoms with van der Waals surface area (Å²) in [5.41, 5.74) is 0. The highest BCUT2D eigenvalue weighted by atomic mass is 35.6. The molecule has 0 saturated carbocycles. The Kier molecular flexibility index (Phi) is 7.16. The zero-order valence-corrected chi connectivity index (χ0v) is 11.5. The second-order valence-corrected chi connectivity index (χ2v) is 11.8. The molecule has 0 N–H and O–H groups in total. The van der Waals surface area contributed by atoms with E-state index >= 15 is 0 Å². The molecule has 0 spiro atoms. The van der Waals surface area contributed by atoms with Gasteiger partial charge in [-0.3, -0.25) is 0 Å². The molecule has 80 valence electrons. The highest BCUT2D eigenvalue weighted by molar-refractivity contribution is 7.19. The minimum absolute atomic E-state index is 0.844. The van der Waals surface area contributed by atoms with E-state index in [2.05, 4.69) is 26.9 Å². The van der Waals surface area contributed by atoms with Gasteiger partial charge in [0.05, 0.1) is 0 Å². The van der Waals surface area contributed by atoms with Gasteiger partial charge in [-0.1, -0.05) is 59.0 Å². The van der Waals surface area contributed by atoms with E-state index in [-0.39, 0.29) is 0 Å². The van der Waals surface area contributed by atoms with Gasteiger partial charge in [0.1, 0.15) is 0 Å². The second kappa shape index (κ2) is 6.89. The highest BCUT2D eigenvalue weighted by Gasteiger charge is 2.19. The SMILES string of the molecule is CCCCCCC(C)C[Si](C)(C)Cl. The Morgan fingerprint density at radius 2 is 1.77 bits per heavy atom. The summed E-state index contributed by atoms with van der Waals surface area (Å²) in [6.07, 6.45) is 6.92. The van der Waals surface area contributed by atoms with E-state index in [1.807, 2.05) is 0 Å². The first-order chi connectivity index (χ1) is 5.95. The molecule has 1 unspecified atom stereocenters. The van der Waals surface area contributed by atoms with Crippen LogP contribution in [0.5, 0.6) is 0 Å². The molecule has 0 rings (SSSR count). The van der Waals surface area contributed by atoms with Crippen molar-refractivity contribution in [1.82, 2.24) is 0 Å². The first-order valence-corrected chi connectivity index (χ1v) is 9.86. The monoisotopic (exact) mass is 220 g/mol. The van der Waals surface area contributed by atoms with E-state index < -0.39 is 7.38 Å². The van der Waals surface area contributed by atoms with E-state index in [0.717, 1.165) is 5.92 Å². The van der Waals surface area contributed by atoms with Gasteiger partial charge in [0, 0.05) is 0 Å². The van der Waals surface area contributed by atoms with Crippen molar-refractivity contribution < 1.29 is 0 Å². The maximum absolute atomic E-state index is 6.31. The third kappa shape index (κ3) is 10.4. The van der Waals surface area contributed by atoms with Crippen molar-refractivity contribution in [3.63, 3.8) is 0 Å². The molecule has 2 heteroatoms. The number of rotatable bonds is 7. The molecule has 0 aromatic carbocycles.